The predicted octanol–water partition coefficient (Wildman–Crippen LogP) is 4.38. The van der Waals surface area contributed by atoms with E-state index in [2.05, 4.69) is 11.9 Å². The van der Waals surface area contributed by atoms with Crippen LogP contribution in [-0.4, -0.2) is 38.3 Å². The minimum Gasteiger partial charge on any atom is -0.489 e. The molecule has 1 aliphatic rings. The molecule has 30 heavy (non-hydrogen) atoms. The van der Waals surface area contributed by atoms with Crippen molar-refractivity contribution in [1.82, 2.24) is 4.31 Å². The Balaban J connectivity index is 1.82. The number of aryl methyl sites for hydroxylation is 1. The fourth-order valence-electron chi connectivity index (χ4n) is 3.45. The largest absolute Gasteiger partial charge is 0.489 e. The molecule has 0 aromatic heterocycles. The summed E-state index contributed by atoms with van der Waals surface area (Å²) in [4.78, 5) is 13.0. The SMILES string of the molecule is C=CCOc1cccc(NC(=O)c2cc(S(=O)(=O)N3CCCCCC3)ccc2C)c1. The molecule has 0 saturated carbocycles. The molecule has 0 unspecified atom stereocenters. The van der Waals surface area contributed by atoms with Gasteiger partial charge in [-0.15, -0.1) is 0 Å². The van der Waals surface area contributed by atoms with Crippen LogP contribution in [-0.2, 0) is 10.0 Å². The summed E-state index contributed by atoms with van der Waals surface area (Å²) in [6.45, 7) is 6.82. The van der Waals surface area contributed by atoms with E-state index in [4.69, 9.17) is 4.74 Å². The van der Waals surface area contributed by atoms with E-state index in [0.29, 0.717) is 42.3 Å². The quantitative estimate of drug-likeness (QED) is 0.664. The van der Waals surface area contributed by atoms with E-state index >= 15 is 0 Å². The zero-order valence-corrected chi connectivity index (χ0v) is 18.1. The maximum Gasteiger partial charge on any atom is 0.255 e. The number of benzene rings is 2. The zero-order chi connectivity index (χ0) is 21.6. The van der Waals surface area contributed by atoms with Crippen molar-refractivity contribution in [3.63, 3.8) is 0 Å². The maximum atomic E-state index is 13.1. The molecule has 0 bridgehead atoms. The summed E-state index contributed by atoms with van der Waals surface area (Å²) in [5.74, 6) is 0.253. The van der Waals surface area contributed by atoms with E-state index < -0.39 is 10.0 Å². The van der Waals surface area contributed by atoms with Crippen LogP contribution in [0, 0.1) is 6.92 Å². The molecule has 7 heteroatoms. The van der Waals surface area contributed by atoms with E-state index in [-0.39, 0.29) is 10.8 Å². The third-order valence-electron chi connectivity index (χ3n) is 5.12. The van der Waals surface area contributed by atoms with Crippen molar-refractivity contribution in [3.05, 3.63) is 66.2 Å². The first kappa shape index (κ1) is 22.1. The second-order valence-corrected chi connectivity index (χ2v) is 9.31. The van der Waals surface area contributed by atoms with Crippen molar-refractivity contribution in [3.8, 4) is 5.75 Å². The third kappa shape index (κ3) is 5.29. The lowest BCUT2D eigenvalue weighted by Gasteiger charge is -2.20. The summed E-state index contributed by atoms with van der Waals surface area (Å²) < 4.78 is 33.2. The first-order valence-corrected chi connectivity index (χ1v) is 11.6. The summed E-state index contributed by atoms with van der Waals surface area (Å²) in [6.07, 6.45) is 5.46. The summed E-state index contributed by atoms with van der Waals surface area (Å²) in [5.41, 5.74) is 1.62. The van der Waals surface area contributed by atoms with Gasteiger partial charge in [0, 0.05) is 30.4 Å². The van der Waals surface area contributed by atoms with Gasteiger partial charge in [-0.25, -0.2) is 8.42 Å². The van der Waals surface area contributed by atoms with Gasteiger partial charge in [0.25, 0.3) is 5.91 Å². The predicted molar refractivity (Wildman–Crippen MR) is 118 cm³/mol. The van der Waals surface area contributed by atoms with E-state index in [1.54, 1.807) is 49.4 Å². The fraction of sp³-hybridized carbons (Fsp3) is 0.348. The van der Waals surface area contributed by atoms with Crippen LogP contribution < -0.4 is 10.1 Å². The van der Waals surface area contributed by atoms with E-state index in [1.807, 2.05) is 0 Å². The number of anilines is 1. The monoisotopic (exact) mass is 428 g/mol. The van der Waals surface area contributed by atoms with Gasteiger partial charge in [0.1, 0.15) is 12.4 Å². The van der Waals surface area contributed by atoms with Crippen molar-refractivity contribution in [2.75, 3.05) is 25.0 Å². The first-order chi connectivity index (χ1) is 14.4. The molecule has 3 rings (SSSR count). The van der Waals surface area contributed by atoms with Crippen LogP contribution in [0.2, 0.25) is 0 Å². The lowest BCUT2D eigenvalue weighted by atomic mass is 10.1. The van der Waals surface area contributed by atoms with Crippen LogP contribution >= 0.6 is 0 Å². The number of hydrogen-bond acceptors (Lipinski definition) is 4. The Labute approximate surface area is 178 Å². The van der Waals surface area contributed by atoms with Crippen LogP contribution in [0.3, 0.4) is 0 Å². The fourth-order valence-corrected chi connectivity index (χ4v) is 5.00. The lowest BCUT2D eigenvalue weighted by Crippen LogP contribution is -2.32. The van der Waals surface area contributed by atoms with Crippen molar-refractivity contribution < 1.29 is 17.9 Å². The van der Waals surface area contributed by atoms with Crippen molar-refractivity contribution in [1.29, 1.82) is 0 Å². The smallest absolute Gasteiger partial charge is 0.255 e. The van der Waals surface area contributed by atoms with E-state index in [1.165, 1.54) is 10.4 Å². The van der Waals surface area contributed by atoms with Crippen LogP contribution in [0.5, 0.6) is 5.75 Å². The molecule has 0 aliphatic carbocycles. The van der Waals surface area contributed by atoms with Gasteiger partial charge < -0.3 is 10.1 Å². The molecule has 1 saturated heterocycles. The molecule has 1 aliphatic heterocycles. The number of ether oxygens (including phenoxy) is 1. The Morgan fingerprint density at radius 1 is 1.13 bits per heavy atom. The highest BCUT2D eigenvalue weighted by molar-refractivity contribution is 7.89. The van der Waals surface area contributed by atoms with E-state index in [0.717, 1.165) is 25.7 Å². The van der Waals surface area contributed by atoms with Gasteiger partial charge in [-0.1, -0.05) is 37.6 Å². The summed E-state index contributed by atoms with van der Waals surface area (Å²) in [6, 6.07) is 11.8. The van der Waals surface area contributed by atoms with Gasteiger partial charge in [0.15, 0.2) is 0 Å². The number of sulfonamides is 1. The molecule has 1 heterocycles. The van der Waals surface area contributed by atoms with Gasteiger partial charge in [0.05, 0.1) is 4.90 Å². The average Bonchev–Trinajstić information content (AvgIpc) is 3.03. The summed E-state index contributed by atoms with van der Waals surface area (Å²) in [7, 11) is -3.62. The molecule has 2 aromatic rings. The van der Waals surface area contributed by atoms with Gasteiger partial charge in [-0.05, 0) is 49.6 Å². The standard InChI is InChI=1S/C23H28N2O4S/c1-3-15-29-20-10-8-9-19(16-20)24-23(26)22-17-21(12-11-18(22)2)30(27,28)25-13-6-4-5-7-14-25/h3,8-12,16-17H,1,4-7,13-15H2,2H3,(H,24,26). The highest BCUT2D eigenvalue weighted by atomic mass is 32.2. The number of rotatable bonds is 7. The topological polar surface area (TPSA) is 75.7 Å². The van der Waals surface area contributed by atoms with Crippen molar-refractivity contribution in [2.45, 2.75) is 37.5 Å². The highest BCUT2D eigenvalue weighted by Gasteiger charge is 2.26. The Kier molecular flexibility index (Phi) is 7.29. The molecule has 1 N–H and O–H groups in total. The van der Waals surface area contributed by atoms with Crippen molar-refractivity contribution >= 4 is 21.6 Å². The highest BCUT2D eigenvalue weighted by Crippen LogP contribution is 2.24. The molecule has 0 atom stereocenters. The van der Waals surface area contributed by atoms with Crippen LogP contribution in [0.4, 0.5) is 5.69 Å². The third-order valence-corrected chi connectivity index (χ3v) is 7.01. The number of carbonyl (C=O) groups is 1. The van der Waals surface area contributed by atoms with Crippen LogP contribution in [0.15, 0.2) is 60.0 Å². The van der Waals surface area contributed by atoms with E-state index in [9.17, 15) is 13.2 Å². The molecule has 160 valence electrons. The minimum atomic E-state index is -3.62. The van der Waals surface area contributed by atoms with Gasteiger partial charge >= 0.3 is 0 Å². The minimum absolute atomic E-state index is 0.156. The average molecular weight is 429 g/mol. The molecule has 6 nitrogen and oxygen atoms in total. The van der Waals surface area contributed by atoms with Crippen LogP contribution in [0.25, 0.3) is 0 Å². The molecular weight excluding hydrogens is 400 g/mol. The van der Waals surface area contributed by atoms with Gasteiger partial charge in [0.2, 0.25) is 10.0 Å². The second-order valence-electron chi connectivity index (χ2n) is 7.38. The van der Waals surface area contributed by atoms with Crippen LogP contribution in [0.1, 0.15) is 41.6 Å². The summed E-state index contributed by atoms with van der Waals surface area (Å²) in [5, 5.41) is 2.83. The number of nitrogens with zero attached hydrogens (tertiary/aromatic N) is 1. The zero-order valence-electron chi connectivity index (χ0n) is 17.3. The first-order valence-electron chi connectivity index (χ1n) is 10.2. The molecule has 0 spiro atoms. The van der Waals surface area contributed by atoms with Gasteiger partial charge in [-0.3, -0.25) is 4.79 Å². The number of hydrogen-bond donors (Lipinski definition) is 1. The van der Waals surface area contributed by atoms with Gasteiger partial charge in [-0.2, -0.15) is 4.31 Å². The normalized spacial score (nSPS) is 15.2. The molecule has 2 aromatic carbocycles. The number of nitrogens with one attached hydrogen (secondary N) is 1. The Morgan fingerprint density at radius 3 is 2.57 bits per heavy atom. The van der Waals surface area contributed by atoms with Crippen molar-refractivity contribution in [2.24, 2.45) is 0 Å². The Bertz CT molecular complexity index is 1010. The molecule has 1 fully saturated rings. The Hall–Kier alpha value is -2.64. The lowest BCUT2D eigenvalue weighted by molar-refractivity contribution is 0.102. The Morgan fingerprint density at radius 2 is 1.87 bits per heavy atom. The molecule has 0 radical (unpaired) electrons. The molecular formula is C23H28N2O4S. The number of amides is 1. The maximum absolute atomic E-state index is 13.1. The second kappa shape index (κ2) is 9.91. The summed E-state index contributed by atoms with van der Waals surface area (Å²) >= 11 is 0. The molecule has 1 amide bonds. The number of carbonyl (C=O) groups excluding carboxylic acids is 1.